The number of hydrogen-bond acceptors (Lipinski definition) is 4. The fourth-order valence-electron chi connectivity index (χ4n) is 3.20. The summed E-state index contributed by atoms with van der Waals surface area (Å²) in [5.74, 6) is -0.189. The molecule has 0 aliphatic carbocycles. The van der Waals surface area contributed by atoms with Crippen LogP contribution in [0.2, 0.25) is 0 Å². The average Bonchev–Trinajstić information content (AvgIpc) is 3.08. The number of sulfonamides is 1. The third-order valence-corrected chi connectivity index (χ3v) is 5.70. The number of amides is 1. The minimum Gasteiger partial charge on any atom is -0.456 e. The van der Waals surface area contributed by atoms with Crippen LogP contribution < -0.4 is 5.14 Å². The topological polar surface area (TPSA) is 93.6 Å². The second-order valence-electron chi connectivity index (χ2n) is 6.12. The Kier molecular flexibility index (Phi) is 3.36. The lowest BCUT2D eigenvalue weighted by Crippen LogP contribution is -2.31. The number of nitrogens with zero attached hydrogens (tertiary/aromatic N) is 1. The summed E-state index contributed by atoms with van der Waals surface area (Å²) in [6.07, 6.45) is -0.0459. The smallest absolute Gasteiger partial charge is 0.224 e. The van der Waals surface area contributed by atoms with Gasteiger partial charge in [-0.1, -0.05) is 24.3 Å². The van der Waals surface area contributed by atoms with E-state index >= 15 is 0 Å². The number of rotatable bonds is 3. The SMILES string of the molecule is NS(=O)(=O)C1CC(=O)N(Cc2ccc3oc4ccccc4c3c2)C1. The summed E-state index contributed by atoms with van der Waals surface area (Å²) in [6.45, 7) is 0.502. The van der Waals surface area contributed by atoms with Crippen LogP contribution in [0, 0.1) is 0 Å². The van der Waals surface area contributed by atoms with Crippen molar-refractivity contribution in [1.82, 2.24) is 4.90 Å². The number of benzene rings is 2. The Labute approximate surface area is 138 Å². The number of hydrogen-bond donors (Lipinski definition) is 1. The Morgan fingerprint density at radius 1 is 1.12 bits per heavy atom. The average molecular weight is 344 g/mol. The first-order valence-electron chi connectivity index (χ1n) is 7.61. The van der Waals surface area contributed by atoms with Gasteiger partial charge >= 0.3 is 0 Å². The molecule has 1 aromatic heterocycles. The predicted molar refractivity (Wildman–Crippen MR) is 90.6 cm³/mol. The van der Waals surface area contributed by atoms with Crippen molar-refractivity contribution < 1.29 is 17.6 Å². The summed E-state index contributed by atoms with van der Waals surface area (Å²) in [4.78, 5) is 13.6. The van der Waals surface area contributed by atoms with Crippen LogP contribution in [0.5, 0.6) is 0 Å². The number of nitrogens with two attached hydrogens (primary N) is 1. The van der Waals surface area contributed by atoms with Gasteiger partial charge in [-0.25, -0.2) is 13.6 Å². The first kappa shape index (κ1) is 15.2. The minimum absolute atomic E-state index is 0.0459. The van der Waals surface area contributed by atoms with E-state index in [0.717, 1.165) is 27.5 Å². The molecular formula is C17H16N2O4S. The Morgan fingerprint density at radius 2 is 1.88 bits per heavy atom. The number of fused-ring (bicyclic) bond motifs is 3. The third kappa shape index (κ3) is 2.55. The molecule has 0 spiro atoms. The third-order valence-electron chi connectivity index (χ3n) is 4.46. The lowest BCUT2D eigenvalue weighted by Gasteiger charge is -2.16. The van der Waals surface area contributed by atoms with Gasteiger partial charge in [0.25, 0.3) is 0 Å². The van der Waals surface area contributed by atoms with Crippen LogP contribution in [0.1, 0.15) is 12.0 Å². The Balaban J connectivity index is 1.65. The molecule has 24 heavy (non-hydrogen) atoms. The van der Waals surface area contributed by atoms with Crippen molar-refractivity contribution in [1.29, 1.82) is 0 Å². The summed E-state index contributed by atoms with van der Waals surface area (Å²) in [6, 6.07) is 13.5. The molecule has 3 aromatic rings. The van der Waals surface area contributed by atoms with Crippen LogP contribution in [0.3, 0.4) is 0 Å². The van der Waals surface area contributed by atoms with Crippen LogP contribution in [0.25, 0.3) is 21.9 Å². The van der Waals surface area contributed by atoms with Gasteiger partial charge in [0.1, 0.15) is 16.4 Å². The van der Waals surface area contributed by atoms with Gasteiger partial charge in [-0.05, 0) is 23.8 Å². The van der Waals surface area contributed by atoms with Crippen molar-refractivity contribution in [3.05, 3.63) is 48.0 Å². The lowest BCUT2D eigenvalue weighted by molar-refractivity contribution is -0.128. The lowest BCUT2D eigenvalue weighted by atomic mass is 10.1. The van der Waals surface area contributed by atoms with Gasteiger partial charge in [-0.15, -0.1) is 0 Å². The van der Waals surface area contributed by atoms with E-state index in [1.807, 2.05) is 42.5 Å². The highest BCUT2D eigenvalue weighted by molar-refractivity contribution is 7.89. The van der Waals surface area contributed by atoms with Gasteiger partial charge in [0.15, 0.2) is 0 Å². The summed E-state index contributed by atoms with van der Waals surface area (Å²) in [5.41, 5.74) is 2.53. The maximum Gasteiger partial charge on any atom is 0.224 e. The fraction of sp³-hybridized carbons (Fsp3) is 0.235. The van der Waals surface area contributed by atoms with Crippen LogP contribution in [-0.4, -0.2) is 31.0 Å². The number of carbonyl (C=O) groups excluding carboxylic acids is 1. The molecule has 0 bridgehead atoms. The fourth-order valence-corrected chi connectivity index (χ4v) is 3.96. The highest BCUT2D eigenvalue weighted by atomic mass is 32.2. The zero-order valence-corrected chi connectivity index (χ0v) is 13.6. The Bertz CT molecular complexity index is 1050. The van der Waals surface area contributed by atoms with E-state index in [9.17, 15) is 13.2 Å². The van der Waals surface area contributed by atoms with Gasteiger partial charge in [0, 0.05) is 30.3 Å². The standard InChI is InChI=1S/C17H16N2O4S/c18-24(21,22)12-8-17(20)19(10-12)9-11-5-6-16-14(7-11)13-3-1-2-4-15(13)23-16/h1-7,12H,8-10H2,(H2,18,21,22). The molecule has 0 radical (unpaired) electrons. The van der Waals surface area contributed by atoms with E-state index in [0.29, 0.717) is 6.54 Å². The predicted octanol–water partition coefficient (Wildman–Crippen LogP) is 1.98. The van der Waals surface area contributed by atoms with Gasteiger partial charge in [-0.2, -0.15) is 0 Å². The van der Waals surface area contributed by atoms with Crippen molar-refractivity contribution in [3.63, 3.8) is 0 Å². The molecule has 1 saturated heterocycles. The highest BCUT2D eigenvalue weighted by Gasteiger charge is 2.36. The van der Waals surface area contributed by atoms with Gasteiger partial charge < -0.3 is 9.32 Å². The highest BCUT2D eigenvalue weighted by Crippen LogP contribution is 2.30. The summed E-state index contributed by atoms with van der Waals surface area (Å²) >= 11 is 0. The van der Waals surface area contributed by atoms with E-state index < -0.39 is 15.3 Å². The summed E-state index contributed by atoms with van der Waals surface area (Å²) < 4.78 is 28.7. The molecule has 0 saturated carbocycles. The number of likely N-dealkylation sites (tertiary alicyclic amines) is 1. The van der Waals surface area contributed by atoms with E-state index in [2.05, 4.69) is 0 Å². The molecule has 1 aliphatic rings. The largest absolute Gasteiger partial charge is 0.456 e. The van der Waals surface area contributed by atoms with Crippen LogP contribution in [0.4, 0.5) is 0 Å². The molecule has 4 rings (SSSR count). The van der Waals surface area contributed by atoms with Crippen molar-refractivity contribution in [2.24, 2.45) is 5.14 Å². The van der Waals surface area contributed by atoms with Gasteiger partial charge in [-0.3, -0.25) is 4.79 Å². The zero-order valence-electron chi connectivity index (χ0n) is 12.8. The molecule has 1 fully saturated rings. The number of furan rings is 1. The van der Waals surface area contributed by atoms with Crippen molar-refractivity contribution in [2.45, 2.75) is 18.2 Å². The molecule has 124 valence electrons. The first-order chi connectivity index (χ1) is 11.4. The van der Waals surface area contributed by atoms with Crippen LogP contribution in [-0.2, 0) is 21.4 Å². The molecule has 7 heteroatoms. The maximum absolute atomic E-state index is 12.0. The first-order valence-corrected chi connectivity index (χ1v) is 9.22. The van der Waals surface area contributed by atoms with Crippen LogP contribution >= 0.6 is 0 Å². The molecule has 1 aliphatic heterocycles. The molecule has 2 aromatic carbocycles. The van der Waals surface area contributed by atoms with Crippen LogP contribution in [0.15, 0.2) is 46.9 Å². The van der Waals surface area contributed by atoms with E-state index in [1.54, 1.807) is 4.90 Å². The van der Waals surface area contributed by atoms with E-state index in [1.165, 1.54) is 0 Å². The Hall–Kier alpha value is -2.38. The molecule has 2 N–H and O–H groups in total. The second kappa shape index (κ2) is 5.32. The monoisotopic (exact) mass is 344 g/mol. The molecule has 2 heterocycles. The Morgan fingerprint density at radius 3 is 2.62 bits per heavy atom. The quantitative estimate of drug-likeness (QED) is 0.786. The number of carbonyl (C=O) groups is 1. The van der Waals surface area contributed by atoms with Crippen molar-refractivity contribution in [2.75, 3.05) is 6.54 Å². The number of primary sulfonamides is 1. The molecule has 1 unspecified atom stereocenters. The van der Waals surface area contributed by atoms with Crippen molar-refractivity contribution >= 4 is 37.9 Å². The van der Waals surface area contributed by atoms with Gasteiger partial charge in [0.05, 0.1) is 0 Å². The van der Waals surface area contributed by atoms with E-state index in [-0.39, 0.29) is 18.9 Å². The van der Waals surface area contributed by atoms with E-state index in [4.69, 9.17) is 9.56 Å². The van der Waals surface area contributed by atoms with Gasteiger partial charge in [0.2, 0.25) is 15.9 Å². The number of para-hydroxylation sites is 1. The molecule has 1 amide bonds. The van der Waals surface area contributed by atoms with Crippen molar-refractivity contribution in [3.8, 4) is 0 Å². The molecular weight excluding hydrogens is 328 g/mol. The molecule has 6 nitrogen and oxygen atoms in total. The normalized spacial score (nSPS) is 18.8. The summed E-state index contributed by atoms with van der Waals surface area (Å²) in [5, 5.41) is 6.35. The second-order valence-corrected chi connectivity index (χ2v) is 7.96. The summed E-state index contributed by atoms with van der Waals surface area (Å²) in [7, 11) is -3.69. The minimum atomic E-state index is -3.69. The molecule has 1 atom stereocenters. The zero-order chi connectivity index (χ0) is 16.9. The maximum atomic E-state index is 12.0.